The average molecular weight is 365 g/mol. The number of nitrogens with one attached hydrogen (secondary N) is 1. The Balaban J connectivity index is 2.80. The molecule has 1 unspecified atom stereocenters. The van der Waals surface area contributed by atoms with Crippen LogP contribution in [0.5, 0.6) is 0 Å². The Hall–Kier alpha value is -0.690. The fourth-order valence-electron chi connectivity index (χ4n) is 1.63. The van der Waals surface area contributed by atoms with Crippen molar-refractivity contribution in [1.82, 2.24) is 5.32 Å². The second-order valence-corrected chi connectivity index (χ2v) is 5.62. The maximum atomic E-state index is 13.0. The molecule has 0 aliphatic heterocycles. The molecular formula is C13H17FINO2. The molecule has 1 aromatic carbocycles. The number of hydrogen-bond donors (Lipinski definition) is 2. The maximum absolute atomic E-state index is 13.0. The zero-order valence-corrected chi connectivity index (χ0v) is 12.6. The molecule has 1 rings (SSSR count). The monoisotopic (exact) mass is 365 g/mol. The van der Waals surface area contributed by atoms with Crippen LogP contribution in [-0.4, -0.2) is 23.7 Å². The van der Waals surface area contributed by atoms with E-state index >= 15 is 0 Å². The van der Waals surface area contributed by atoms with E-state index in [9.17, 15) is 9.18 Å². The summed E-state index contributed by atoms with van der Waals surface area (Å²) in [7, 11) is 0. The molecule has 1 amide bonds. The molecule has 5 heteroatoms. The minimum atomic E-state index is -0.355. The second kappa shape index (κ2) is 7.04. The maximum Gasteiger partial charge on any atom is 0.252 e. The number of hydrogen-bond acceptors (Lipinski definition) is 2. The van der Waals surface area contributed by atoms with E-state index < -0.39 is 0 Å². The number of aliphatic hydroxyl groups excluding tert-OH is 1. The number of rotatable bonds is 5. The Labute approximate surface area is 120 Å². The SMILES string of the molecule is CC(C)C(CCO)NC(=O)c1ccc(F)cc1I. The molecule has 0 aliphatic rings. The Morgan fingerprint density at radius 3 is 2.67 bits per heavy atom. The van der Waals surface area contributed by atoms with Crippen molar-refractivity contribution in [2.75, 3.05) is 6.61 Å². The summed E-state index contributed by atoms with van der Waals surface area (Å²) in [6, 6.07) is 3.99. The molecule has 0 bridgehead atoms. The summed E-state index contributed by atoms with van der Waals surface area (Å²) in [6.45, 7) is 4.00. The van der Waals surface area contributed by atoms with E-state index in [1.807, 2.05) is 36.4 Å². The van der Waals surface area contributed by atoms with Crippen LogP contribution in [0.4, 0.5) is 4.39 Å². The number of carbonyl (C=O) groups excluding carboxylic acids is 1. The molecule has 1 aromatic rings. The molecule has 2 N–H and O–H groups in total. The lowest BCUT2D eigenvalue weighted by Gasteiger charge is -2.21. The minimum absolute atomic E-state index is 0.0314. The Morgan fingerprint density at radius 1 is 1.50 bits per heavy atom. The summed E-state index contributed by atoms with van der Waals surface area (Å²) in [5, 5.41) is 11.8. The number of halogens is 2. The predicted molar refractivity (Wildman–Crippen MR) is 76.9 cm³/mol. The van der Waals surface area contributed by atoms with Gasteiger partial charge in [-0.05, 0) is 53.1 Å². The van der Waals surface area contributed by atoms with Gasteiger partial charge in [-0.1, -0.05) is 13.8 Å². The zero-order valence-electron chi connectivity index (χ0n) is 10.4. The molecule has 0 fully saturated rings. The molecule has 0 heterocycles. The Bertz CT molecular complexity index is 423. The largest absolute Gasteiger partial charge is 0.396 e. The highest BCUT2D eigenvalue weighted by molar-refractivity contribution is 14.1. The summed E-state index contributed by atoms with van der Waals surface area (Å²) in [4.78, 5) is 12.0. The third-order valence-electron chi connectivity index (χ3n) is 2.74. The molecular weight excluding hydrogens is 348 g/mol. The first kappa shape index (κ1) is 15.4. The topological polar surface area (TPSA) is 49.3 Å². The van der Waals surface area contributed by atoms with Gasteiger partial charge in [-0.2, -0.15) is 0 Å². The van der Waals surface area contributed by atoms with Gasteiger partial charge in [-0.25, -0.2) is 4.39 Å². The van der Waals surface area contributed by atoms with Crippen LogP contribution >= 0.6 is 22.6 Å². The highest BCUT2D eigenvalue weighted by atomic mass is 127. The van der Waals surface area contributed by atoms with Gasteiger partial charge in [0.15, 0.2) is 0 Å². The van der Waals surface area contributed by atoms with Crippen molar-refractivity contribution in [2.24, 2.45) is 5.92 Å². The van der Waals surface area contributed by atoms with E-state index in [1.165, 1.54) is 18.2 Å². The molecule has 0 aliphatic carbocycles. The highest BCUT2D eigenvalue weighted by Crippen LogP contribution is 2.15. The summed E-state index contributed by atoms with van der Waals surface area (Å²) in [6.07, 6.45) is 0.515. The lowest BCUT2D eigenvalue weighted by Crippen LogP contribution is -2.39. The second-order valence-electron chi connectivity index (χ2n) is 4.46. The van der Waals surface area contributed by atoms with E-state index in [4.69, 9.17) is 5.11 Å². The van der Waals surface area contributed by atoms with Crippen LogP contribution in [-0.2, 0) is 0 Å². The predicted octanol–water partition coefficient (Wildman–Crippen LogP) is 2.57. The van der Waals surface area contributed by atoms with Crippen molar-refractivity contribution < 1.29 is 14.3 Å². The summed E-state index contributed by atoms with van der Waals surface area (Å²) in [5.41, 5.74) is 0.459. The molecule has 0 saturated carbocycles. The number of aliphatic hydroxyl groups is 1. The van der Waals surface area contributed by atoms with Crippen molar-refractivity contribution in [1.29, 1.82) is 0 Å². The van der Waals surface area contributed by atoms with Crippen LogP contribution in [0.25, 0.3) is 0 Å². The molecule has 0 saturated heterocycles. The number of carbonyl (C=O) groups is 1. The van der Waals surface area contributed by atoms with Gasteiger partial charge < -0.3 is 10.4 Å². The van der Waals surface area contributed by atoms with E-state index in [2.05, 4.69) is 5.32 Å². The van der Waals surface area contributed by atoms with E-state index in [0.717, 1.165) is 0 Å². The molecule has 18 heavy (non-hydrogen) atoms. The van der Waals surface area contributed by atoms with Crippen LogP contribution in [0, 0.1) is 15.3 Å². The third kappa shape index (κ3) is 4.20. The molecule has 0 radical (unpaired) electrons. The van der Waals surface area contributed by atoms with Gasteiger partial charge in [0.1, 0.15) is 5.82 Å². The number of benzene rings is 1. The van der Waals surface area contributed by atoms with Crippen molar-refractivity contribution in [3.05, 3.63) is 33.1 Å². The first-order valence-corrected chi connectivity index (χ1v) is 6.90. The number of amides is 1. The van der Waals surface area contributed by atoms with Crippen molar-refractivity contribution >= 4 is 28.5 Å². The van der Waals surface area contributed by atoms with Crippen LogP contribution in [0.2, 0.25) is 0 Å². The van der Waals surface area contributed by atoms with Crippen LogP contribution < -0.4 is 5.32 Å². The van der Waals surface area contributed by atoms with Gasteiger partial charge in [0.05, 0.1) is 5.56 Å². The Morgan fingerprint density at radius 2 is 2.17 bits per heavy atom. The fourth-order valence-corrected chi connectivity index (χ4v) is 2.35. The van der Waals surface area contributed by atoms with Gasteiger partial charge in [-0.15, -0.1) is 0 Å². The lowest BCUT2D eigenvalue weighted by atomic mass is 10.0. The average Bonchev–Trinajstić information content (AvgIpc) is 2.27. The van der Waals surface area contributed by atoms with Gasteiger partial charge in [0, 0.05) is 16.2 Å². The van der Waals surface area contributed by atoms with Crippen LogP contribution in [0.3, 0.4) is 0 Å². The van der Waals surface area contributed by atoms with E-state index in [1.54, 1.807) is 0 Å². The minimum Gasteiger partial charge on any atom is -0.396 e. The summed E-state index contributed by atoms with van der Waals surface area (Å²) < 4.78 is 13.5. The van der Waals surface area contributed by atoms with Crippen molar-refractivity contribution in [3.63, 3.8) is 0 Å². The first-order valence-electron chi connectivity index (χ1n) is 5.82. The van der Waals surface area contributed by atoms with E-state index in [-0.39, 0.29) is 30.3 Å². The molecule has 3 nitrogen and oxygen atoms in total. The molecule has 0 aromatic heterocycles. The van der Waals surface area contributed by atoms with E-state index in [0.29, 0.717) is 15.6 Å². The first-order chi connectivity index (χ1) is 8.45. The Kier molecular flexibility index (Phi) is 6.01. The zero-order chi connectivity index (χ0) is 13.7. The normalized spacial score (nSPS) is 12.6. The quantitative estimate of drug-likeness (QED) is 0.789. The summed E-state index contributed by atoms with van der Waals surface area (Å²) in [5.74, 6) is -0.350. The smallest absolute Gasteiger partial charge is 0.252 e. The molecule has 100 valence electrons. The van der Waals surface area contributed by atoms with Crippen LogP contribution in [0.1, 0.15) is 30.6 Å². The third-order valence-corrected chi connectivity index (χ3v) is 3.63. The summed E-state index contributed by atoms with van der Waals surface area (Å²) >= 11 is 1.94. The van der Waals surface area contributed by atoms with Gasteiger partial charge >= 0.3 is 0 Å². The molecule has 0 spiro atoms. The highest BCUT2D eigenvalue weighted by Gasteiger charge is 2.18. The fraction of sp³-hybridized carbons (Fsp3) is 0.462. The van der Waals surface area contributed by atoms with Crippen molar-refractivity contribution in [2.45, 2.75) is 26.3 Å². The van der Waals surface area contributed by atoms with Gasteiger partial charge in [-0.3, -0.25) is 4.79 Å². The van der Waals surface area contributed by atoms with Crippen LogP contribution in [0.15, 0.2) is 18.2 Å². The standard InChI is InChI=1S/C13H17FINO2/c1-8(2)12(5-6-17)16-13(18)10-4-3-9(14)7-11(10)15/h3-4,7-8,12,17H,5-6H2,1-2H3,(H,16,18). The van der Waals surface area contributed by atoms with Gasteiger partial charge in [0.25, 0.3) is 5.91 Å². The lowest BCUT2D eigenvalue weighted by molar-refractivity contribution is 0.0915. The molecule has 1 atom stereocenters. The van der Waals surface area contributed by atoms with Crippen molar-refractivity contribution in [3.8, 4) is 0 Å². The van der Waals surface area contributed by atoms with Gasteiger partial charge in [0.2, 0.25) is 0 Å².